The number of carboxylic acids is 1. The number of nitrogens with one attached hydrogen (secondary N) is 2. The van der Waals surface area contributed by atoms with E-state index in [0.717, 1.165) is 12.1 Å². The number of aromatic nitrogens is 3. The third-order valence-electron chi connectivity index (χ3n) is 6.34. The van der Waals surface area contributed by atoms with E-state index in [0.29, 0.717) is 59.1 Å². The van der Waals surface area contributed by atoms with Gasteiger partial charge in [-0.15, -0.1) is 0 Å². The monoisotopic (exact) mass is 596 g/mol. The van der Waals surface area contributed by atoms with Crippen LogP contribution in [0.5, 0.6) is 0 Å². The minimum atomic E-state index is -5.08. The number of fused-ring (bicyclic) bond motifs is 3. The Kier molecular flexibility index (Phi) is 8.13. The number of alkyl halides is 3. The Morgan fingerprint density at radius 3 is 2.29 bits per heavy atom. The third kappa shape index (κ3) is 6.36. The number of piperidine rings is 1. The van der Waals surface area contributed by atoms with Crippen molar-refractivity contribution in [2.45, 2.75) is 25.1 Å². The van der Waals surface area contributed by atoms with Gasteiger partial charge in [-0.2, -0.15) is 23.5 Å². The lowest BCUT2D eigenvalue weighted by molar-refractivity contribution is -0.192. The van der Waals surface area contributed by atoms with E-state index in [1.165, 1.54) is 16.6 Å². The summed E-state index contributed by atoms with van der Waals surface area (Å²) in [5, 5.41) is 28.1. The molecular weight excluding hydrogens is 575 g/mol. The zero-order valence-electron chi connectivity index (χ0n) is 21.1. The maximum absolute atomic E-state index is 14.7. The molecule has 3 N–H and O–H groups in total. The summed E-state index contributed by atoms with van der Waals surface area (Å²) in [4.78, 5) is 13.5. The third-order valence-corrected chi connectivity index (χ3v) is 7.65. The first-order valence-electron chi connectivity index (χ1n) is 11.9. The van der Waals surface area contributed by atoms with Gasteiger partial charge < -0.3 is 10.4 Å². The van der Waals surface area contributed by atoms with Gasteiger partial charge in [-0.25, -0.2) is 31.3 Å². The van der Waals surface area contributed by atoms with Crippen molar-refractivity contribution in [3.63, 3.8) is 0 Å². The van der Waals surface area contributed by atoms with Crippen LogP contribution in [0.1, 0.15) is 18.4 Å². The van der Waals surface area contributed by atoms with Crippen LogP contribution in [0.4, 0.5) is 27.8 Å². The van der Waals surface area contributed by atoms with E-state index in [9.17, 15) is 35.6 Å². The van der Waals surface area contributed by atoms with E-state index >= 15 is 0 Å². The van der Waals surface area contributed by atoms with Crippen molar-refractivity contribution in [2.24, 2.45) is 0 Å². The zero-order chi connectivity index (χ0) is 30.1. The molecule has 1 aliphatic heterocycles. The molecule has 3 heterocycles. The van der Waals surface area contributed by atoms with E-state index in [4.69, 9.17) is 9.90 Å². The molecule has 2 aromatic heterocycles. The zero-order valence-corrected chi connectivity index (χ0v) is 21.9. The summed E-state index contributed by atoms with van der Waals surface area (Å²) < 4.78 is 86.2. The van der Waals surface area contributed by atoms with Crippen molar-refractivity contribution in [3.8, 4) is 17.3 Å². The molecule has 1 aliphatic rings. The predicted octanol–water partition coefficient (Wildman–Crippen LogP) is 4.40. The fourth-order valence-electron chi connectivity index (χ4n) is 4.37. The van der Waals surface area contributed by atoms with Gasteiger partial charge in [0.1, 0.15) is 17.2 Å². The smallest absolute Gasteiger partial charge is 0.475 e. The van der Waals surface area contributed by atoms with Crippen LogP contribution in [0.15, 0.2) is 36.4 Å². The number of rotatable bonds is 4. The largest absolute Gasteiger partial charge is 0.490 e. The van der Waals surface area contributed by atoms with Crippen LogP contribution in [-0.4, -0.2) is 70.5 Å². The van der Waals surface area contributed by atoms with Gasteiger partial charge in [0.25, 0.3) is 0 Å². The number of aliphatic carboxylic acids is 1. The van der Waals surface area contributed by atoms with E-state index in [2.05, 4.69) is 20.5 Å². The highest BCUT2D eigenvalue weighted by atomic mass is 32.2. The maximum Gasteiger partial charge on any atom is 0.490 e. The molecule has 216 valence electrons. The molecule has 0 bridgehead atoms. The average molecular weight is 597 g/mol. The van der Waals surface area contributed by atoms with Crippen LogP contribution in [0.2, 0.25) is 0 Å². The first kappa shape index (κ1) is 29.6. The fraction of sp³-hybridized carbons (Fsp3) is 0.280. The number of halogens is 5. The number of H-pyrrole nitrogens is 1. The average Bonchev–Trinajstić information content (AvgIpc) is 3.30. The normalized spacial score (nSPS) is 14.9. The van der Waals surface area contributed by atoms with E-state index in [-0.39, 0.29) is 17.3 Å². The van der Waals surface area contributed by atoms with Gasteiger partial charge in [0.05, 0.1) is 34.7 Å². The number of nitrogens with zero attached hydrogens (tertiary/aromatic N) is 4. The highest BCUT2D eigenvalue weighted by molar-refractivity contribution is 7.88. The summed E-state index contributed by atoms with van der Waals surface area (Å²) in [7, 11) is -3.24. The number of hydrogen-bond acceptors (Lipinski definition) is 7. The summed E-state index contributed by atoms with van der Waals surface area (Å²) in [5.74, 6) is -3.87. The molecule has 4 aromatic rings. The molecule has 16 heteroatoms. The summed E-state index contributed by atoms with van der Waals surface area (Å²) in [6.07, 6.45) is -2.73. The van der Waals surface area contributed by atoms with Gasteiger partial charge in [0.15, 0.2) is 5.82 Å². The van der Waals surface area contributed by atoms with Gasteiger partial charge >= 0.3 is 12.1 Å². The second-order valence-corrected chi connectivity index (χ2v) is 11.1. The number of carbonyl (C=O) groups is 1. The molecule has 0 spiro atoms. The Morgan fingerprint density at radius 1 is 1.15 bits per heavy atom. The van der Waals surface area contributed by atoms with Crippen molar-refractivity contribution in [1.82, 2.24) is 19.5 Å². The Labute approximate surface area is 229 Å². The van der Waals surface area contributed by atoms with Crippen molar-refractivity contribution in [2.75, 3.05) is 24.7 Å². The summed E-state index contributed by atoms with van der Waals surface area (Å²) in [6, 6.07) is 10.5. The molecule has 0 saturated carbocycles. The van der Waals surface area contributed by atoms with E-state index in [1.54, 1.807) is 18.2 Å². The van der Waals surface area contributed by atoms with Crippen LogP contribution in [0.3, 0.4) is 0 Å². The second kappa shape index (κ2) is 11.3. The topological polar surface area (TPSA) is 152 Å². The molecular formula is C25H21F5N6O4S. The summed E-state index contributed by atoms with van der Waals surface area (Å²) >= 11 is 0. The lowest BCUT2D eigenvalue weighted by Gasteiger charge is -2.30. The van der Waals surface area contributed by atoms with Gasteiger partial charge in [-0.1, -0.05) is 12.1 Å². The summed E-state index contributed by atoms with van der Waals surface area (Å²) in [6.45, 7) is 0.773. The van der Waals surface area contributed by atoms with Crippen LogP contribution in [-0.2, 0) is 14.8 Å². The van der Waals surface area contributed by atoms with Crippen LogP contribution < -0.4 is 5.32 Å². The van der Waals surface area contributed by atoms with Crippen molar-refractivity contribution in [1.29, 1.82) is 5.26 Å². The lowest BCUT2D eigenvalue weighted by atomic mass is 10.00. The minimum Gasteiger partial charge on any atom is -0.475 e. The maximum atomic E-state index is 14.7. The van der Waals surface area contributed by atoms with Gasteiger partial charge in [0.2, 0.25) is 10.0 Å². The number of hydrogen-bond donors (Lipinski definition) is 3. The second-order valence-electron chi connectivity index (χ2n) is 9.11. The van der Waals surface area contributed by atoms with Crippen molar-refractivity contribution in [3.05, 3.63) is 53.6 Å². The SMILES string of the molecule is CS(=O)(=O)N1CCC(Nc2n[nH]c3c2nc(-c2c(F)cccc2F)c2cc(C#N)ccc23)CC1.O=C(O)C(F)(F)F. The highest BCUT2D eigenvalue weighted by Crippen LogP contribution is 2.37. The fourth-order valence-corrected chi connectivity index (χ4v) is 5.25. The van der Waals surface area contributed by atoms with Crippen LogP contribution >= 0.6 is 0 Å². The first-order valence-corrected chi connectivity index (χ1v) is 13.7. The molecule has 10 nitrogen and oxygen atoms in total. The van der Waals surface area contributed by atoms with Gasteiger partial charge in [0, 0.05) is 29.9 Å². The highest BCUT2D eigenvalue weighted by Gasteiger charge is 2.38. The number of sulfonamides is 1. The molecule has 0 atom stereocenters. The van der Waals surface area contributed by atoms with Crippen LogP contribution in [0, 0.1) is 23.0 Å². The number of benzene rings is 2. The predicted molar refractivity (Wildman–Crippen MR) is 138 cm³/mol. The van der Waals surface area contributed by atoms with Crippen molar-refractivity contribution < 1.29 is 40.3 Å². The van der Waals surface area contributed by atoms with E-state index in [1.807, 2.05) is 6.07 Å². The number of carboxylic acid groups (broad SMARTS) is 1. The molecule has 0 radical (unpaired) electrons. The number of aromatic amines is 1. The Hall–Kier alpha value is -4.36. The quantitative estimate of drug-likeness (QED) is 0.293. The number of nitriles is 1. The Morgan fingerprint density at radius 2 is 1.76 bits per heavy atom. The molecule has 1 fully saturated rings. The molecule has 41 heavy (non-hydrogen) atoms. The molecule has 0 aliphatic carbocycles. The van der Waals surface area contributed by atoms with E-state index < -0.39 is 33.8 Å². The minimum absolute atomic E-state index is 0.0448. The lowest BCUT2D eigenvalue weighted by Crippen LogP contribution is -2.41. The van der Waals surface area contributed by atoms with Crippen LogP contribution in [0.25, 0.3) is 33.1 Å². The van der Waals surface area contributed by atoms with Crippen molar-refractivity contribution >= 4 is 43.6 Å². The first-order chi connectivity index (χ1) is 19.2. The molecule has 0 unspecified atom stereocenters. The Bertz CT molecular complexity index is 1760. The Balaban J connectivity index is 0.000000493. The number of anilines is 1. The molecule has 2 aromatic carbocycles. The molecule has 1 saturated heterocycles. The summed E-state index contributed by atoms with van der Waals surface area (Å²) in [5.41, 5.74) is 1.10. The molecule has 5 rings (SSSR count). The number of pyridine rings is 1. The molecule has 0 amide bonds. The standard InChI is InChI=1S/C23H20F2N6O2S.C2HF3O2/c1-34(32,33)31-9-7-14(8-10-31)27-23-22-21(29-30-23)15-6-5-13(12-26)11-16(15)20(28-22)19-17(24)3-2-4-18(19)25;3-2(4,5)1(6)7/h2-6,11,14H,7-10H2,1H3,(H2,27,29,30);(H,6,7). The van der Waals surface area contributed by atoms with Gasteiger partial charge in [-0.05, 0) is 37.1 Å². The van der Waals surface area contributed by atoms with Gasteiger partial charge in [-0.3, -0.25) is 5.10 Å².